The van der Waals surface area contributed by atoms with E-state index in [4.69, 9.17) is 14.3 Å². The Morgan fingerprint density at radius 1 is 1.12 bits per heavy atom. The van der Waals surface area contributed by atoms with Crippen LogP contribution in [0.25, 0.3) is 0 Å². The van der Waals surface area contributed by atoms with Gasteiger partial charge in [0.15, 0.2) is 0 Å². The third-order valence-electron chi connectivity index (χ3n) is 4.40. The average Bonchev–Trinajstić information content (AvgIpc) is 2.68. The summed E-state index contributed by atoms with van der Waals surface area (Å²) in [6.07, 6.45) is 1.98. The molecule has 0 aliphatic carbocycles. The summed E-state index contributed by atoms with van der Waals surface area (Å²) in [6.45, 7) is 6.67. The van der Waals surface area contributed by atoms with E-state index in [2.05, 4.69) is 10.2 Å². The van der Waals surface area contributed by atoms with E-state index >= 15 is 0 Å². The van der Waals surface area contributed by atoms with Gasteiger partial charge in [-0.05, 0) is 18.9 Å². The standard InChI is InChI=1S/C18H27N3O4/c22-18(21-7-3-4-11-25-21)19-15-16-5-1-2-6-17(16)24-14-10-20-8-12-23-13-9-20/h1-2,5-6H,3-4,7-15H2,(H,19,22). The second-order valence-electron chi connectivity index (χ2n) is 6.21. The molecule has 2 fully saturated rings. The van der Waals surface area contributed by atoms with Crippen LogP contribution in [0.1, 0.15) is 18.4 Å². The summed E-state index contributed by atoms with van der Waals surface area (Å²) in [4.78, 5) is 19.8. The van der Waals surface area contributed by atoms with Gasteiger partial charge in [0.05, 0.1) is 26.4 Å². The van der Waals surface area contributed by atoms with Crippen molar-refractivity contribution < 1.29 is 19.1 Å². The van der Waals surface area contributed by atoms with Crippen LogP contribution in [0.2, 0.25) is 0 Å². The summed E-state index contributed by atoms with van der Waals surface area (Å²) < 4.78 is 11.3. The van der Waals surface area contributed by atoms with Gasteiger partial charge in [-0.15, -0.1) is 0 Å². The van der Waals surface area contributed by atoms with Gasteiger partial charge in [-0.3, -0.25) is 9.74 Å². The van der Waals surface area contributed by atoms with Gasteiger partial charge in [-0.25, -0.2) is 9.86 Å². The van der Waals surface area contributed by atoms with Crippen molar-refractivity contribution in [2.24, 2.45) is 0 Å². The maximum absolute atomic E-state index is 12.1. The summed E-state index contributed by atoms with van der Waals surface area (Å²) in [6, 6.07) is 7.62. The van der Waals surface area contributed by atoms with Crippen LogP contribution in [0.15, 0.2) is 24.3 Å². The van der Waals surface area contributed by atoms with Crippen molar-refractivity contribution in [3.05, 3.63) is 29.8 Å². The quantitative estimate of drug-likeness (QED) is 0.846. The fourth-order valence-electron chi connectivity index (χ4n) is 2.92. The number of hydroxylamine groups is 2. The van der Waals surface area contributed by atoms with Gasteiger partial charge in [-0.1, -0.05) is 18.2 Å². The zero-order valence-electron chi connectivity index (χ0n) is 14.6. The summed E-state index contributed by atoms with van der Waals surface area (Å²) in [5.74, 6) is 0.815. The molecule has 7 nitrogen and oxygen atoms in total. The molecule has 0 spiro atoms. The van der Waals surface area contributed by atoms with Gasteiger partial charge in [0.1, 0.15) is 12.4 Å². The first-order valence-corrected chi connectivity index (χ1v) is 9.02. The summed E-state index contributed by atoms with van der Waals surface area (Å²) in [7, 11) is 0. The molecule has 0 bridgehead atoms. The second kappa shape index (κ2) is 9.60. The fourth-order valence-corrected chi connectivity index (χ4v) is 2.92. The number of nitrogens with one attached hydrogen (secondary N) is 1. The minimum absolute atomic E-state index is 0.192. The highest BCUT2D eigenvalue weighted by Crippen LogP contribution is 2.18. The molecule has 0 unspecified atom stereocenters. The van der Waals surface area contributed by atoms with Crippen LogP contribution in [0.4, 0.5) is 4.79 Å². The van der Waals surface area contributed by atoms with Crippen LogP contribution in [-0.4, -0.2) is 68.6 Å². The Hall–Kier alpha value is -1.83. The van der Waals surface area contributed by atoms with Crippen LogP contribution in [0.3, 0.4) is 0 Å². The Kier molecular flexibility index (Phi) is 6.90. The molecule has 2 aliphatic rings. The number of para-hydroxylation sites is 1. The summed E-state index contributed by atoms with van der Waals surface area (Å²) in [5, 5.41) is 4.31. The highest BCUT2D eigenvalue weighted by atomic mass is 16.7. The number of morpholine rings is 1. The molecule has 2 aliphatic heterocycles. The van der Waals surface area contributed by atoms with Crippen molar-refractivity contribution in [2.45, 2.75) is 19.4 Å². The Bertz CT molecular complexity index is 543. The lowest BCUT2D eigenvalue weighted by Crippen LogP contribution is -2.42. The van der Waals surface area contributed by atoms with E-state index in [1.54, 1.807) is 0 Å². The smallest absolute Gasteiger partial charge is 0.341 e. The van der Waals surface area contributed by atoms with Crippen LogP contribution in [-0.2, 0) is 16.1 Å². The molecule has 3 rings (SSSR count). The SMILES string of the molecule is O=C(NCc1ccccc1OCCN1CCOCC1)N1CCCCO1. The van der Waals surface area contributed by atoms with Crippen LogP contribution in [0.5, 0.6) is 5.75 Å². The first kappa shape index (κ1) is 18.0. The van der Waals surface area contributed by atoms with Gasteiger partial charge in [0, 0.05) is 31.7 Å². The van der Waals surface area contributed by atoms with Crippen LogP contribution < -0.4 is 10.1 Å². The molecule has 138 valence electrons. The van der Waals surface area contributed by atoms with Gasteiger partial charge < -0.3 is 14.8 Å². The minimum atomic E-state index is -0.192. The molecule has 25 heavy (non-hydrogen) atoms. The van der Waals surface area contributed by atoms with Gasteiger partial charge in [-0.2, -0.15) is 0 Å². The van der Waals surface area contributed by atoms with E-state index in [1.807, 2.05) is 24.3 Å². The normalized spacial score (nSPS) is 18.8. The number of ether oxygens (including phenoxy) is 2. The number of benzene rings is 1. The molecular formula is C18H27N3O4. The number of nitrogens with zero attached hydrogens (tertiary/aromatic N) is 2. The highest BCUT2D eigenvalue weighted by Gasteiger charge is 2.17. The molecular weight excluding hydrogens is 322 g/mol. The van der Waals surface area contributed by atoms with E-state index in [0.717, 1.165) is 57.0 Å². The third-order valence-corrected chi connectivity index (χ3v) is 4.40. The topological polar surface area (TPSA) is 63.3 Å². The lowest BCUT2D eigenvalue weighted by atomic mass is 10.2. The molecule has 0 aromatic heterocycles. The van der Waals surface area contributed by atoms with Crippen molar-refractivity contribution in [2.75, 3.05) is 52.6 Å². The van der Waals surface area contributed by atoms with Crippen LogP contribution >= 0.6 is 0 Å². The number of hydrogen-bond acceptors (Lipinski definition) is 5. The molecule has 7 heteroatoms. The second-order valence-corrected chi connectivity index (χ2v) is 6.21. The zero-order chi connectivity index (χ0) is 17.3. The monoisotopic (exact) mass is 349 g/mol. The molecule has 2 saturated heterocycles. The maximum Gasteiger partial charge on any atom is 0.341 e. The maximum atomic E-state index is 12.1. The highest BCUT2D eigenvalue weighted by molar-refractivity contribution is 5.73. The number of rotatable bonds is 6. The van der Waals surface area contributed by atoms with Crippen molar-refractivity contribution in [1.82, 2.24) is 15.3 Å². The predicted molar refractivity (Wildman–Crippen MR) is 93.3 cm³/mol. The molecule has 1 aromatic rings. The summed E-state index contributed by atoms with van der Waals surface area (Å²) >= 11 is 0. The predicted octanol–water partition coefficient (Wildman–Crippen LogP) is 1.63. The average molecular weight is 349 g/mol. The lowest BCUT2D eigenvalue weighted by molar-refractivity contribution is -0.139. The van der Waals surface area contributed by atoms with E-state index in [9.17, 15) is 4.79 Å². The number of carbonyl (C=O) groups is 1. The molecule has 2 heterocycles. The van der Waals surface area contributed by atoms with Gasteiger partial charge in [0.25, 0.3) is 0 Å². The first-order valence-electron chi connectivity index (χ1n) is 9.02. The van der Waals surface area contributed by atoms with E-state index in [0.29, 0.717) is 26.3 Å². The lowest BCUT2D eigenvalue weighted by Gasteiger charge is -2.27. The van der Waals surface area contributed by atoms with E-state index in [-0.39, 0.29) is 6.03 Å². The Morgan fingerprint density at radius 2 is 1.96 bits per heavy atom. The molecule has 0 atom stereocenters. The summed E-state index contributed by atoms with van der Waals surface area (Å²) in [5.41, 5.74) is 0.967. The number of urea groups is 1. The Labute approximate surface area is 148 Å². The molecule has 0 saturated carbocycles. The Balaban J connectivity index is 1.45. The van der Waals surface area contributed by atoms with Gasteiger partial charge >= 0.3 is 6.03 Å². The largest absolute Gasteiger partial charge is 0.492 e. The number of hydrogen-bond donors (Lipinski definition) is 1. The van der Waals surface area contributed by atoms with E-state index in [1.165, 1.54) is 5.06 Å². The number of carbonyl (C=O) groups excluding carboxylic acids is 1. The molecule has 1 aromatic carbocycles. The number of amides is 2. The van der Waals surface area contributed by atoms with Crippen molar-refractivity contribution >= 4 is 6.03 Å². The van der Waals surface area contributed by atoms with Gasteiger partial charge in [0.2, 0.25) is 0 Å². The third kappa shape index (κ3) is 5.59. The van der Waals surface area contributed by atoms with Crippen molar-refractivity contribution in [3.63, 3.8) is 0 Å². The zero-order valence-corrected chi connectivity index (χ0v) is 14.6. The Morgan fingerprint density at radius 3 is 2.76 bits per heavy atom. The van der Waals surface area contributed by atoms with E-state index < -0.39 is 0 Å². The minimum Gasteiger partial charge on any atom is -0.492 e. The molecule has 1 N–H and O–H groups in total. The molecule has 2 amide bonds. The van der Waals surface area contributed by atoms with Crippen molar-refractivity contribution in [1.29, 1.82) is 0 Å². The first-order chi connectivity index (χ1) is 12.3. The fraction of sp³-hybridized carbons (Fsp3) is 0.611. The van der Waals surface area contributed by atoms with Crippen molar-refractivity contribution in [3.8, 4) is 5.75 Å². The molecule has 0 radical (unpaired) electrons. The van der Waals surface area contributed by atoms with Crippen LogP contribution in [0, 0.1) is 0 Å².